The van der Waals surface area contributed by atoms with Crippen LogP contribution in [0.25, 0.3) is 0 Å². The van der Waals surface area contributed by atoms with Crippen LogP contribution in [0.2, 0.25) is 0 Å². The number of hydrogen-bond donors (Lipinski definition) is 1. The Bertz CT molecular complexity index is 542. The number of likely N-dealkylation sites (tertiary alicyclic amines) is 2. The Balaban J connectivity index is 1.53. The van der Waals surface area contributed by atoms with E-state index in [1.54, 1.807) is 12.5 Å². The Kier molecular flexibility index (Phi) is 5.33. The van der Waals surface area contributed by atoms with Gasteiger partial charge in [-0.1, -0.05) is 0 Å². The predicted molar refractivity (Wildman–Crippen MR) is 93.9 cm³/mol. The standard InChI is InChI=1S/C18H29N5O/c1-18(2,23-10-3-4-11-23)13-20-17(24)22-9-5-6-15(12-22)16-7-8-19-14-21-16/h7-8,14-15H,3-6,9-13H2,1-2H3,(H,20,24)/t15-/m1/s1. The second-order valence-corrected chi connectivity index (χ2v) is 7.58. The van der Waals surface area contributed by atoms with Gasteiger partial charge in [0, 0.05) is 43.0 Å². The zero-order valence-corrected chi connectivity index (χ0v) is 14.9. The summed E-state index contributed by atoms with van der Waals surface area (Å²) in [6.07, 6.45) is 8.01. The minimum Gasteiger partial charge on any atom is -0.336 e. The molecule has 1 N–H and O–H groups in total. The monoisotopic (exact) mass is 331 g/mol. The first-order valence-corrected chi connectivity index (χ1v) is 9.10. The third-order valence-electron chi connectivity index (χ3n) is 5.37. The summed E-state index contributed by atoms with van der Waals surface area (Å²) in [7, 11) is 0. The van der Waals surface area contributed by atoms with E-state index in [0.717, 1.165) is 44.7 Å². The minimum absolute atomic E-state index is 0.0218. The summed E-state index contributed by atoms with van der Waals surface area (Å²) in [4.78, 5) is 25.4. The highest BCUT2D eigenvalue weighted by molar-refractivity contribution is 5.74. The van der Waals surface area contributed by atoms with Crippen molar-refractivity contribution >= 4 is 6.03 Å². The highest BCUT2D eigenvalue weighted by Crippen LogP contribution is 2.25. The summed E-state index contributed by atoms with van der Waals surface area (Å²) >= 11 is 0. The third-order valence-corrected chi connectivity index (χ3v) is 5.37. The van der Waals surface area contributed by atoms with Crippen molar-refractivity contribution in [3.63, 3.8) is 0 Å². The molecule has 1 aromatic heterocycles. The molecule has 2 aliphatic rings. The van der Waals surface area contributed by atoms with Gasteiger partial charge in [0.15, 0.2) is 0 Å². The Morgan fingerprint density at radius 3 is 2.79 bits per heavy atom. The van der Waals surface area contributed by atoms with E-state index >= 15 is 0 Å². The summed E-state index contributed by atoms with van der Waals surface area (Å²) in [5.74, 6) is 0.319. The average Bonchev–Trinajstić information content (AvgIpc) is 3.16. The molecule has 1 atom stereocenters. The van der Waals surface area contributed by atoms with Crippen LogP contribution in [0, 0.1) is 0 Å². The predicted octanol–water partition coefficient (Wildman–Crippen LogP) is 2.24. The summed E-state index contributed by atoms with van der Waals surface area (Å²) in [5, 5.41) is 3.15. The zero-order chi connectivity index (χ0) is 17.0. The van der Waals surface area contributed by atoms with Gasteiger partial charge in [0.25, 0.3) is 0 Å². The number of carbonyl (C=O) groups excluding carboxylic acids is 1. The maximum atomic E-state index is 12.6. The molecule has 0 aromatic carbocycles. The van der Waals surface area contributed by atoms with Gasteiger partial charge < -0.3 is 10.2 Å². The van der Waals surface area contributed by atoms with E-state index in [4.69, 9.17) is 0 Å². The maximum absolute atomic E-state index is 12.6. The van der Waals surface area contributed by atoms with Crippen molar-refractivity contribution in [3.8, 4) is 0 Å². The first-order chi connectivity index (χ1) is 11.6. The fourth-order valence-electron chi connectivity index (χ4n) is 3.78. The SMILES string of the molecule is CC(C)(CNC(=O)N1CCC[C@@H](c2ccncn2)C1)N1CCCC1. The van der Waals surface area contributed by atoms with Crippen molar-refractivity contribution < 1.29 is 4.79 Å². The number of nitrogens with one attached hydrogen (secondary N) is 1. The van der Waals surface area contributed by atoms with Crippen LogP contribution in [-0.2, 0) is 0 Å². The fourth-order valence-corrected chi connectivity index (χ4v) is 3.78. The Labute approximate surface area is 144 Å². The van der Waals surface area contributed by atoms with E-state index in [1.807, 2.05) is 11.0 Å². The van der Waals surface area contributed by atoms with Gasteiger partial charge in [-0.05, 0) is 58.7 Å². The highest BCUT2D eigenvalue weighted by atomic mass is 16.2. The fraction of sp³-hybridized carbons (Fsp3) is 0.722. The number of amides is 2. The Morgan fingerprint density at radius 2 is 2.08 bits per heavy atom. The molecule has 1 aromatic rings. The molecule has 0 bridgehead atoms. The molecule has 2 saturated heterocycles. The molecule has 6 heteroatoms. The Morgan fingerprint density at radius 1 is 1.29 bits per heavy atom. The van der Waals surface area contributed by atoms with E-state index in [-0.39, 0.29) is 11.6 Å². The molecule has 0 unspecified atom stereocenters. The van der Waals surface area contributed by atoms with Crippen molar-refractivity contribution in [3.05, 3.63) is 24.3 Å². The summed E-state index contributed by atoms with van der Waals surface area (Å²) in [6.45, 7) is 8.99. The van der Waals surface area contributed by atoms with Crippen LogP contribution in [0.4, 0.5) is 4.79 Å². The molecule has 24 heavy (non-hydrogen) atoms. The van der Waals surface area contributed by atoms with Crippen molar-refractivity contribution in [1.29, 1.82) is 0 Å². The average molecular weight is 331 g/mol. The maximum Gasteiger partial charge on any atom is 0.317 e. The molecular formula is C18H29N5O. The summed E-state index contributed by atoms with van der Waals surface area (Å²) < 4.78 is 0. The van der Waals surface area contributed by atoms with Gasteiger partial charge in [-0.15, -0.1) is 0 Å². The van der Waals surface area contributed by atoms with Crippen molar-refractivity contribution in [2.45, 2.75) is 51.0 Å². The van der Waals surface area contributed by atoms with E-state index in [0.29, 0.717) is 12.5 Å². The van der Waals surface area contributed by atoms with Gasteiger partial charge in [-0.2, -0.15) is 0 Å². The number of rotatable bonds is 4. The second-order valence-electron chi connectivity index (χ2n) is 7.58. The molecule has 3 heterocycles. The van der Waals surface area contributed by atoms with Crippen LogP contribution < -0.4 is 5.32 Å². The number of hydrogen-bond acceptors (Lipinski definition) is 4. The summed E-state index contributed by atoms with van der Waals surface area (Å²) in [5.41, 5.74) is 1.06. The largest absolute Gasteiger partial charge is 0.336 e. The van der Waals surface area contributed by atoms with Crippen LogP contribution in [0.15, 0.2) is 18.6 Å². The number of urea groups is 1. The molecule has 0 aliphatic carbocycles. The number of piperidine rings is 1. The lowest BCUT2D eigenvalue weighted by atomic mass is 9.95. The third kappa shape index (κ3) is 4.04. The lowest BCUT2D eigenvalue weighted by molar-refractivity contribution is 0.140. The van der Waals surface area contributed by atoms with Gasteiger partial charge in [0.2, 0.25) is 0 Å². The molecule has 2 amide bonds. The van der Waals surface area contributed by atoms with Crippen molar-refractivity contribution in [2.75, 3.05) is 32.7 Å². The molecule has 0 saturated carbocycles. The molecule has 3 rings (SSSR count). The lowest BCUT2D eigenvalue weighted by Crippen LogP contribution is -2.53. The van der Waals surface area contributed by atoms with E-state index < -0.39 is 0 Å². The number of carbonyl (C=O) groups is 1. The number of aromatic nitrogens is 2. The summed E-state index contributed by atoms with van der Waals surface area (Å²) in [6, 6.07) is 2.02. The minimum atomic E-state index is 0.0218. The lowest BCUT2D eigenvalue weighted by Gasteiger charge is -2.37. The van der Waals surface area contributed by atoms with Crippen LogP contribution in [0.5, 0.6) is 0 Å². The van der Waals surface area contributed by atoms with Crippen LogP contribution in [-0.4, -0.2) is 64.1 Å². The van der Waals surface area contributed by atoms with Crippen molar-refractivity contribution in [1.82, 2.24) is 25.1 Å². The molecule has 0 radical (unpaired) electrons. The molecule has 2 fully saturated rings. The first-order valence-electron chi connectivity index (χ1n) is 9.10. The first kappa shape index (κ1) is 17.1. The molecule has 2 aliphatic heterocycles. The van der Waals surface area contributed by atoms with E-state index in [2.05, 4.69) is 34.0 Å². The quantitative estimate of drug-likeness (QED) is 0.919. The van der Waals surface area contributed by atoms with Gasteiger partial charge >= 0.3 is 6.03 Å². The zero-order valence-electron chi connectivity index (χ0n) is 14.9. The smallest absolute Gasteiger partial charge is 0.317 e. The van der Waals surface area contributed by atoms with Gasteiger partial charge in [-0.3, -0.25) is 4.90 Å². The normalized spacial score (nSPS) is 22.6. The van der Waals surface area contributed by atoms with Crippen LogP contribution >= 0.6 is 0 Å². The Hall–Kier alpha value is -1.69. The van der Waals surface area contributed by atoms with Gasteiger partial charge in [0.05, 0.1) is 0 Å². The van der Waals surface area contributed by atoms with Crippen molar-refractivity contribution in [2.24, 2.45) is 0 Å². The molecule has 132 valence electrons. The van der Waals surface area contributed by atoms with E-state index in [1.165, 1.54) is 12.8 Å². The molecule has 0 spiro atoms. The van der Waals surface area contributed by atoms with E-state index in [9.17, 15) is 4.79 Å². The van der Waals surface area contributed by atoms with Crippen LogP contribution in [0.3, 0.4) is 0 Å². The highest BCUT2D eigenvalue weighted by Gasteiger charge is 2.31. The topological polar surface area (TPSA) is 61.4 Å². The number of nitrogens with zero attached hydrogens (tertiary/aromatic N) is 4. The molecular weight excluding hydrogens is 302 g/mol. The molecule has 6 nitrogen and oxygen atoms in total. The second kappa shape index (κ2) is 7.47. The van der Waals surface area contributed by atoms with Crippen LogP contribution in [0.1, 0.15) is 51.1 Å². The van der Waals surface area contributed by atoms with Gasteiger partial charge in [-0.25, -0.2) is 14.8 Å². The van der Waals surface area contributed by atoms with Gasteiger partial charge in [0.1, 0.15) is 6.33 Å².